The fourth-order valence-corrected chi connectivity index (χ4v) is 2.49. The van der Waals surface area contributed by atoms with E-state index in [0.29, 0.717) is 12.1 Å². The molecule has 1 N–H and O–H groups in total. The molecule has 0 aliphatic heterocycles. The Bertz CT molecular complexity index is 804. The molecule has 0 saturated heterocycles. The third kappa shape index (κ3) is 3.81. The summed E-state index contributed by atoms with van der Waals surface area (Å²) in [5.74, 6) is -0.109. The number of halogens is 1. The highest BCUT2D eigenvalue weighted by Gasteiger charge is 2.09. The van der Waals surface area contributed by atoms with Crippen molar-refractivity contribution in [3.05, 3.63) is 82.7 Å². The van der Waals surface area contributed by atoms with Crippen LogP contribution in [0.1, 0.15) is 15.9 Å². The Morgan fingerprint density at radius 3 is 2.48 bits per heavy atom. The summed E-state index contributed by atoms with van der Waals surface area (Å²) < 4.78 is 0.946. The first-order valence-corrected chi connectivity index (χ1v) is 7.91. The molecule has 23 heavy (non-hydrogen) atoms. The summed E-state index contributed by atoms with van der Waals surface area (Å²) in [4.78, 5) is 20.7. The summed E-state index contributed by atoms with van der Waals surface area (Å²) in [6.45, 7) is 0.417. The molecule has 114 valence electrons. The molecule has 0 radical (unpaired) electrons. The third-order valence-electron chi connectivity index (χ3n) is 3.39. The third-order valence-corrected chi connectivity index (χ3v) is 3.92. The van der Waals surface area contributed by atoms with E-state index >= 15 is 0 Å². The van der Waals surface area contributed by atoms with Crippen LogP contribution in [0.2, 0.25) is 0 Å². The topological polar surface area (TPSA) is 54.9 Å². The van der Waals surface area contributed by atoms with Crippen molar-refractivity contribution in [3.63, 3.8) is 0 Å². The minimum Gasteiger partial charge on any atom is -0.348 e. The largest absolute Gasteiger partial charge is 0.348 e. The van der Waals surface area contributed by atoms with Gasteiger partial charge in [0.25, 0.3) is 5.91 Å². The van der Waals surface area contributed by atoms with Gasteiger partial charge in [0, 0.05) is 40.7 Å². The lowest BCUT2D eigenvalue weighted by atomic mass is 10.1. The van der Waals surface area contributed by atoms with Gasteiger partial charge in [0.05, 0.1) is 5.69 Å². The monoisotopic (exact) mass is 367 g/mol. The number of rotatable bonds is 4. The van der Waals surface area contributed by atoms with Gasteiger partial charge >= 0.3 is 0 Å². The Labute approximate surface area is 142 Å². The van der Waals surface area contributed by atoms with Crippen LogP contribution in [-0.2, 0) is 6.54 Å². The SMILES string of the molecule is O=C(NCc1cccnc1-c1ccncc1)c1ccc(Br)cc1. The van der Waals surface area contributed by atoms with Crippen LogP contribution in [0.4, 0.5) is 0 Å². The van der Waals surface area contributed by atoms with Gasteiger partial charge in [0.15, 0.2) is 0 Å². The van der Waals surface area contributed by atoms with E-state index in [1.54, 1.807) is 30.7 Å². The standard InChI is InChI=1S/C18H14BrN3O/c19-16-5-3-14(4-6-16)18(23)22-12-15-2-1-9-21-17(15)13-7-10-20-11-8-13/h1-11H,12H2,(H,22,23). The fourth-order valence-electron chi connectivity index (χ4n) is 2.23. The molecule has 0 aliphatic carbocycles. The molecular weight excluding hydrogens is 354 g/mol. The van der Waals surface area contributed by atoms with Gasteiger partial charge in [-0.1, -0.05) is 22.0 Å². The van der Waals surface area contributed by atoms with Gasteiger partial charge in [-0.2, -0.15) is 0 Å². The zero-order valence-electron chi connectivity index (χ0n) is 12.2. The molecule has 3 rings (SSSR count). The normalized spacial score (nSPS) is 10.3. The van der Waals surface area contributed by atoms with Gasteiger partial charge in [-0.3, -0.25) is 14.8 Å². The van der Waals surface area contributed by atoms with E-state index in [9.17, 15) is 4.79 Å². The van der Waals surface area contributed by atoms with Gasteiger partial charge in [-0.15, -0.1) is 0 Å². The average molecular weight is 368 g/mol. The van der Waals surface area contributed by atoms with E-state index in [1.165, 1.54) is 0 Å². The number of amides is 1. The number of carbonyl (C=O) groups is 1. The van der Waals surface area contributed by atoms with E-state index in [0.717, 1.165) is 21.3 Å². The van der Waals surface area contributed by atoms with Crippen molar-refractivity contribution in [1.82, 2.24) is 15.3 Å². The second-order valence-electron chi connectivity index (χ2n) is 4.94. The van der Waals surface area contributed by atoms with Crippen molar-refractivity contribution < 1.29 is 4.79 Å². The Balaban J connectivity index is 1.76. The maximum Gasteiger partial charge on any atom is 0.251 e. The Kier molecular flexibility index (Phi) is 4.78. The van der Waals surface area contributed by atoms with Crippen molar-refractivity contribution in [2.24, 2.45) is 0 Å². The van der Waals surface area contributed by atoms with Crippen molar-refractivity contribution in [1.29, 1.82) is 0 Å². The molecule has 5 heteroatoms. The molecule has 0 atom stereocenters. The quantitative estimate of drug-likeness (QED) is 0.762. The maximum atomic E-state index is 12.2. The molecule has 0 fully saturated rings. The van der Waals surface area contributed by atoms with E-state index in [2.05, 4.69) is 31.2 Å². The van der Waals surface area contributed by atoms with Gasteiger partial charge in [0.2, 0.25) is 0 Å². The van der Waals surface area contributed by atoms with E-state index in [-0.39, 0.29) is 5.91 Å². The smallest absolute Gasteiger partial charge is 0.251 e. The predicted octanol–water partition coefficient (Wildman–Crippen LogP) is 3.84. The molecule has 2 aromatic heterocycles. The van der Waals surface area contributed by atoms with E-state index in [4.69, 9.17) is 0 Å². The van der Waals surface area contributed by atoms with Crippen molar-refractivity contribution in [2.75, 3.05) is 0 Å². The van der Waals surface area contributed by atoms with Gasteiger partial charge in [-0.05, 0) is 48.0 Å². The van der Waals surface area contributed by atoms with Crippen LogP contribution in [0.25, 0.3) is 11.3 Å². The van der Waals surface area contributed by atoms with Gasteiger partial charge in [-0.25, -0.2) is 0 Å². The summed E-state index contributed by atoms with van der Waals surface area (Å²) >= 11 is 3.36. The molecule has 0 bridgehead atoms. The summed E-state index contributed by atoms with van der Waals surface area (Å²) in [7, 11) is 0. The van der Waals surface area contributed by atoms with Crippen LogP contribution in [0, 0.1) is 0 Å². The highest BCUT2D eigenvalue weighted by molar-refractivity contribution is 9.10. The number of nitrogens with zero attached hydrogens (tertiary/aromatic N) is 2. The summed E-state index contributed by atoms with van der Waals surface area (Å²) in [6, 6.07) is 14.9. The molecule has 0 unspecified atom stereocenters. The van der Waals surface area contributed by atoms with Crippen molar-refractivity contribution >= 4 is 21.8 Å². The second-order valence-corrected chi connectivity index (χ2v) is 5.85. The first-order chi connectivity index (χ1) is 11.2. The lowest BCUT2D eigenvalue weighted by Crippen LogP contribution is -2.23. The molecule has 2 heterocycles. The van der Waals surface area contributed by atoms with Crippen LogP contribution in [-0.4, -0.2) is 15.9 Å². The minimum absolute atomic E-state index is 0.109. The summed E-state index contributed by atoms with van der Waals surface area (Å²) in [5.41, 5.74) is 3.42. The van der Waals surface area contributed by atoms with Crippen LogP contribution in [0.5, 0.6) is 0 Å². The predicted molar refractivity (Wildman–Crippen MR) is 92.8 cm³/mol. The summed E-state index contributed by atoms with van der Waals surface area (Å²) in [6.07, 6.45) is 5.21. The zero-order valence-corrected chi connectivity index (χ0v) is 13.8. The number of hydrogen-bond acceptors (Lipinski definition) is 3. The number of nitrogens with one attached hydrogen (secondary N) is 1. The number of aromatic nitrogens is 2. The van der Waals surface area contributed by atoms with E-state index in [1.807, 2.05) is 36.4 Å². The Morgan fingerprint density at radius 2 is 1.74 bits per heavy atom. The molecule has 0 saturated carbocycles. The zero-order chi connectivity index (χ0) is 16.1. The highest BCUT2D eigenvalue weighted by Crippen LogP contribution is 2.20. The van der Waals surface area contributed by atoms with Crippen LogP contribution >= 0.6 is 15.9 Å². The average Bonchev–Trinajstić information content (AvgIpc) is 2.61. The summed E-state index contributed by atoms with van der Waals surface area (Å²) in [5, 5.41) is 2.93. The first-order valence-electron chi connectivity index (χ1n) is 7.12. The van der Waals surface area contributed by atoms with Crippen LogP contribution in [0.15, 0.2) is 71.6 Å². The highest BCUT2D eigenvalue weighted by atomic mass is 79.9. The molecular formula is C18H14BrN3O. The van der Waals surface area contributed by atoms with E-state index < -0.39 is 0 Å². The number of hydrogen-bond donors (Lipinski definition) is 1. The minimum atomic E-state index is -0.109. The lowest BCUT2D eigenvalue weighted by Gasteiger charge is -2.10. The van der Waals surface area contributed by atoms with Crippen molar-refractivity contribution in [3.8, 4) is 11.3 Å². The molecule has 1 amide bonds. The Morgan fingerprint density at radius 1 is 1.00 bits per heavy atom. The van der Waals surface area contributed by atoms with Crippen molar-refractivity contribution in [2.45, 2.75) is 6.54 Å². The maximum absolute atomic E-state index is 12.2. The molecule has 4 nitrogen and oxygen atoms in total. The van der Waals surface area contributed by atoms with Crippen LogP contribution in [0.3, 0.4) is 0 Å². The molecule has 0 spiro atoms. The number of benzene rings is 1. The van der Waals surface area contributed by atoms with Crippen LogP contribution < -0.4 is 5.32 Å². The molecule has 1 aromatic carbocycles. The van der Waals surface area contributed by atoms with Gasteiger partial charge < -0.3 is 5.32 Å². The second kappa shape index (κ2) is 7.15. The molecule has 3 aromatic rings. The van der Waals surface area contributed by atoms with Gasteiger partial charge in [0.1, 0.15) is 0 Å². The Hall–Kier alpha value is -2.53. The fraction of sp³-hybridized carbons (Fsp3) is 0.0556. The number of pyridine rings is 2. The molecule has 0 aliphatic rings. The number of carbonyl (C=O) groups excluding carboxylic acids is 1. The lowest BCUT2D eigenvalue weighted by molar-refractivity contribution is 0.0951. The first kappa shape index (κ1) is 15.4.